The van der Waals surface area contributed by atoms with E-state index >= 15 is 0 Å². The molecule has 118 valence electrons. The Morgan fingerprint density at radius 2 is 1.19 bits per heavy atom. The lowest BCUT2D eigenvalue weighted by molar-refractivity contribution is -0.143. The van der Waals surface area contributed by atoms with Crippen LogP contribution in [-0.2, 0) is 9.59 Å². The van der Waals surface area contributed by atoms with Crippen molar-refractivity contribution < 1.29 is 9.59 Å². The lowest BCUT2D eigenvalue weighted by Crippen LogP contribution is -2.48. The first-order valence-corrected chi connectivity index (χ1v) is 8.83. The molecule has 2 aliphatic heterocycles. The highest BCUT2D eigenvalue weighted by atomic mass is 16.2. The molecule has 1 unspecified atom stereocenters. The Kier molecular flexibility index (Phi) is 4.81. The van der Waals surface area contributed by atoms with E-state index in [0.29, 0.717) is 18.4 Å². The van der Waals surface area contributed by atoms with Gasteiger partial charge in [-0.05, 0) is 38.5 Å². The van der Waals surface area contributed by atoms with Crippen molar-refractivity contribution >= 4 is 11.8 Å². The molecule has 0 N–H and O–H groups in total. The minimum atomic E-state index is 0.0596. The average molecular weight is 292 g/mol. The topological polar surface area (TPSA) is 40.6 Å². The maximum atomic E-state index is 12.6. The van der Waals surface area contributed by atoms with E-state index in [2.05, 4.69) is 0 Å². The Morgan fingerprint density at radius 3 is 1.90 bits per heavy atom. The highest BCUT2D eigenvalue weighted by molar-refractivity contribution is 5.82. The fourth-order valence-corrected chi connectivity index (χ4v) is 4.18. The van der Waals surface area contributed by atoms with Crippen molar-refractivity contribution in [3.05, 3.63) is 0 Å². The maximum absolute atomic E-state index is 12.6. The average Bonchev–Trinajstić information content (AvgIpc) is 3.09. The molecule has 4 nitrogen and oxygen atoms in total. The molecule has 0 spiro atoms. The van der Waals surface area contributed by atoms with Gasteiger partial charge in [0.1, 0.15) is 0 Å². The van der Waals surface area contributed by atoms with Gasteiger partial charge in [-0.2, -0.15) is 0 Å². The van der Waals surface area contributed by atoms with Crippen molar-refractivity contribution in [2.24, 2.45) is 11.8 Å². The molecule has 2 heterocycles. The zero-order valence-electron chi connectivity index (χ0n) is 13.1. The van der Waals surface area contributed by atoms with Gasteiger partial charge >= 0.3 is 0 Å². The fourth-order valence-electron chi connectivity index (χ4n) is 4.18. The minimum Gasteiger partial charge on any atom is -0.342 e. The van der Waals surface area contributed by atoms with Crippen LogP contribution in [-0.4, -0.2) is 47.8 Å². The Balaban J connectivity index is 1.57. The fraction of sp³-hybridized carbons (Fsp3) is 0.882. The third-order valence-corrected chi connectivity index (χ3v) is 5.45. The number of hydrogen-bond donors (Lipinski definition) is 0. The number of hydrogen-bond acceptors (Lipinski definition) is 2. The van der Waals surface area contributed by atoms with Gasteiger partial charge in [0.2, 0.25) is 11.8 Å². The number of piperidine rings is 1. The van der Waals surface area contributed by atoms with E-state index in [1.807, 2.05) is 9.80 Å². The maximum Gasteiger partial charge on any atom is 0.227 e. The van der Waals surface area contributed by atoms with Crippen molar-refractivity contribution in [1.82, 2.24) is 9.80 Å². The molecule has 2 amide bonds. The number of amides is 2. The lowest BCUT2D eigenvalue weighted by atomic mass is 9.87. The number of nitrogens with zero attached hydrogens (tertiary/aromatic N) is 2. The van der Waals surface area contributed by atoms with Crippen molar-refractivity contribution in [1.29, 1.82) is 0 Å². The molecule has 3 fully saturated rings. The van der Waals surface area contributed by atoms with Crippen LogP contribution in [0, 0.1) is 11.8 Å². The molecule has 1 saturated carbocycles. The van der Waals surface area contributed by atoms with Crippen LogP contribution >= 0.6 is 0 Å². The zero-order valence-corrected chi connectivity index (χ0v) is 13.1. The van der Waals surface area contributed by atoms with Crippen molar-refractivity contribution in [2.45, 2.75) is 57.8 Å². The summed E-state index contributed by atoms with van der Waals surface area (Å²) >= 11 is 0. The van der Waals surface area contributed by atoms with E-state index in [-0.39, 0.29) is 11.8 Å². The Hall–Kier alpha value is -1.06. The monoisotopic (exact) mass is 292 g/mol. The second kappa shape index (κ2) is 6.80. The Morgan fingerprint density at radius 1 is 0.619 bits per heavy atom. The summed E-state index contributed by atoms with van der Waals surface area (Å²) in [6.07, 6.45) is 10.0. The van der Waals surface area contributed by atoms with Gasteiger partial charge in [-0.3, -0.25) is 9.59 Å². The Labute approximate surface area is 127 Å². The first-order chi connectivity index (χ1) is 10.3. The van der Waals surface area contributed by atoms with E-state index in [4.69, 9.17) is 0 Å². The van der Waals surface area contributed by atoms with E-state index in [0.717, 1.165) is 58.2 Å². The van der Waals surface area contributed by atoms with E-state index in [9.17, 15) is 9.59 Å². The van der Waals surface area contributed by atoms with Crippen molar-refractivity contribution in [2.75, 3.05) is 26.2 Å². The van der Waals surface area contributed by atoms with Crippen LogP contribution in [0.4, 0.5) is 0 Å². The van der Waals surface area contributed by atoms with Crippen LogP contribution in [0.2, 0.25) is 0 Å². The summed E-state index contributed by atoms with van der Waals surface area (Å²) in [5.41, 5.74) is 0. The molecule has 4 heteroatoms. The molecule has 2 saturated heterocycles. The van der Waals surface area contributed by atoms with Gasteiger partial charge in [0.25, 0.3) is 0 Å². The molecule has 1 atom stereocenters. The molecule has 0 aromatic rings. The highest BCUT2D eigenvalue weighted by Gasteiger charge is 2.34. The van der Waals surface area contributed by atoms with Gasteiger partial charge in [0, 0.05) is 32.1 Å². The number of rotatable bonds is 2. The smallest absolute Gasteiger partial charge is 0.227 e. The van der Waals surface area contributed by atoms with Crippen LogP contribution in [0.1, 0.15) is 57.8 Å². The molecule has 0 aromatic heterocycles. The van der Waals surface area contributed by atoms with E-state index in [1.165, 1.54) is 19.3 Å². The normalized spacial score (nSPS) is 27.9. The third-order valence-electron chi connectivity index (χ3n) is 5.45. The van der Waals surface area contributed by atoms with Crippen LogP contribution in [0.25, 0.3) is 0 Å². The first kappa shape index (κ1) is 14.9. The second-order valence-electron chi connectivity index (χ2n) is 6.99. The summed E-state index contributed by atoms with van der Waals surface area (Å²) in [6, 6.07) is 0. The first-order valence-electron chi connectivity index (χ1n) is 8.83. The van der Waals surface area contributed by atoms with Crippen LogP contribution in [0.15, 0.2) is 0 Å². The predicted octanol–water partition coefficient (Wildman–Crippen LogP) is 2.43. The lowest BCUT2D eigenvalue weighted by Gasteiger charge is -2.36. The predicted molar refractivity (Wildman–Crippen MR) is 81.7 cm³/mol. The Bertz CT molecular complexity index is 384. The summed E-state index contributed by atoms with van der Waals surface area (Å²) in [6.45, 7) is 3.38. The van der Waals surface area contributed by atoms with E-state index in [1.54, 1.807) is 0 Å². The summed E-state index contributed by atoms with van der Waals surface area (Å²) in [5, 5.41) is 0. The van der Waals surface area contributed by atoms with Crippen LogP contribution in [0.3, 0.4) is 0 Å². The van der Waals surface area contributed by atoms with Crippen LogP contribution in [0.5, 0.6) is 0 Å². The minimum absolute atomic E-state index is 0.0596. The number of likely N-dealkylation sites (tertiary alicyclic amines) is 2. The molecular weight excluding hydrogens is 264 g/mol. The quantitative estimate of drug-likeness (QED) is 0.784. The number of carbonyl (C=O) groups is 2. The van der Waals surface area contributed by atoms with Crippen LogP contribution < -0.4 is 0 Å². The highest BCUT2D eigenvalue weighted by Crippen LogP contribution is 2.28. The summed E-state index contributed by atoms with van der Waals surface area (Å²) < 4.78 is 0. The molecule has 0 radical (unpaired) electrons. The molecule has 3 rings (SSSR count). The molecule has 0 aromatic carbocycles. The van der Waals surface area contributed by atoms with Crippen molar-refractivity contribution in [3.63, 3.8) is 0 Å². The van der Waals surface area contributed by atoms with Crippen molar-refractivity contribution in [3.8, 4) is 0 Å². The third kappa shape index (κ3) is 3.41. The van der Waals surface area contributed by atoms with Gasteiger partial charge in [-0.15, -0.1) is 0 Å². The summed E-state index contributed by atoms with van der Waals surface area (Å²) in [7, 11) is 0. The zero-order chi connectivity index (χ0) is 14.7. The number of carbonyl (C=O) groups excluding carboxylic acids is 2. The standard InChI is InChI=1S/C17H28N2O2/c20-16(14-7-2-1-3-8-14)19-12-6-9-15(13-19)17(21)18-10-4-5-11-18/h14-15H,1-13H2. The molecule has 0 bridgehead atoms. The van der Waals surface area contributed by atoms with Gasteiger partial charge in [0.15, 0.2) is 0 Å². The van der Waals surface area contributed by atoms with Gasteiger partial charge in [-0.25, -0.2) is 0 Å². The van der Waals surface area contributed by atoms with Gasteiger partial charge < -0.3 is 9.80 Å². The molecule has 3 aliphatic rings. The second-order valence-corrected chi connectivity index (χ2v) is 6.99. The SMILES string of the molecule is O=C(C1CCCN(C(=O)C2CCCCC2)C1)N1CCCC1. The largest absolute Gasteiger partial charge is 0.342 e. The van der Waals surface area contributed by atoms with E-state index < -0.39 is 0 Å². The summed E-state index contributed by atoms with van der Waals surface area (Å²) in [5.74, 6) is 0.922. The molecular formula is C17H28N2O2. The molecule has 21 heavy (non-hydrogen) atoms. The van der Waals surface area contributed by atoms with Gasteiger partial charge in [0.05, 0.1) is 5.92 Å². The summed E-state index contributed by atoms with van der Waals surface area (Å²) in [4.78, 5) is 29.2. The van der Waals surface area contributed by atoms with Gasteiger partial charge in [-0.1, -0.05) is 19.3 Å². The molecule has 1 aliphatic carbocycles.